The van der Waals surface area contributed by atoms with Gasteiger partial charge in [-0.3, -0.25) is 24.6 Å². The number of nitro benzene ring substituents is 1. The predicted molar refractivity (Wildman–Crippen MR) is 108 cm³/mol. The van der Waals surface area contributed by atoms with E-state index in [1.165, 1.54) is 36.4 Å². The first-order chi connectivity index (χ1) is 14.8. The number of fused-ring (bicyclic) bond motifs is 1. The Morgan fingerprint density at radius 1 is 1.23 bits per heavy atom. The number of hydrogen-bond acceptors (Lipinski definition) is 7. The summed E-state index contributed by atoms with van der Waals surface area (Å²) < 4.78 is 10.9. The molecule has 0 N–H and O–H groups in total. The Kier molecular flexibility index (Phi) is 5.51. The van der Waals surface area contributed by atoms with Crippen molar-refractivity contribution in [3.05, 3.63) is 74.8 Å². The first-order valence-electron chi connectivity index (χ1n) is 9.92. The summed E-state index contributed by atoms with van der Waals surface area (Å²) in [5.41, 5.74) is 0.883. The number of carbonyl (C=O) groups excluding carboxylic acids is 3. The molecule has 0 aromatic heterocycles. The van der Waals surface area contributed by atoms with Crippen LogP contribution in [-0.4, -0.2) is 46.9 Å². The number of amides is 2. The van der Waals surface area contributed by atoms with Crippen LogP contribution in [0, 0.1) is 10.1 Å². The molecule has 9 heteroatoms. The highest BCUT2D eigenvalue weighted by Gasteiger charge is 2.38. The van der Waals surface area contributed by atoms with Gasteiger partial charge in [0, 0.05) is 18.7 Å². The van der Waals surface area contributed by atoms with Crippen LogP contribution in [0.2, 0.25) is 0 Å². The number of imide groups is 1. The van der Waals surface area contributed by atoms with Gasteiger partial charge in [0.1, 0.15) is 6.10 Å². The number of ether oxygens (including phenoxy) is 2. The van der Waals surface area contributed by atoms with Crippen molar-refractivity contribution < 1.29 is 28.8 Å². The molecule has 4 rings (SSSR count). The molecule has 2 amide bonds. The second kappa shape index (κ2) is 8.27. The lowest BCUT2D eigenvalue weighted by Gasteiger charge is -2.17. The maximum atomic E-state index is 12.7. The maximum Gasteiger partial charge on any atom is 0.338 e. The summed E-state index contributed by atoms with van der Waals surface area (Å²) in [7, 11) is 0. The van der Waals surface area contributed by atoms with Crippen LogP contribution >= 0.6 is 0 Å². The van der Waals surface area contributed by atoms with Crippen LogP contribution in [0.15, 0.2) is 42.5 Å². The summed E-state index contributed by atoms with van der Waals surface area (Å²) in [5.74, 6) is -1.56. The Morgan fingerprint density at radius 2 is 2.00 bits per heavy atom. The van der Waals surface area contributed by atoms with Crippen LogP contribution in [0.3, 0.4) is 0 Å². The van der Waals surface area contributed by atoms with Crippen molar-refractivity contribution in [1.29, 1.82) is 0 Å². The third-order valence-corrected chi connectivity index (χ3v) is 5.45. The summed E-state index contributed by atoms with van der Waals surface area (Å²) in [6.45, 7) is 2.41. The van der Waals surface area contributed by atoms with E-state index in [4.69, 9.17) is 9.47 Å². The van der Waals surface area contributed by atoms with Gasteiger partial charge in [-0.15, -0.1) is 0 Å². The van der Waals surface area contributed by atoms with E-state index in [1.807, 2.05) is 0 Å². The van der Waals surface area contributed by atoms with E-state index in [9.17, 15) is 24.5 Å². The maximum absolute atomic E-state index is 12.7. The Bertz CT molecular complexity index is 1080. The number of hydrogen-bond donors (Lipinski definition) is 0. The predicted octanol–water partition coefficient (Wildman–Crippen LogP) is 3.29. The van der Waals surface area contributed by atoms with Crippen LogP contribution in [0.25, 0.3) is 0 Å². The van der Waals surface area contributed by atoms with Crippen LogP contribution in [0.1, 0.15) is 62.5 Å². The standard InChI is InChI=1S/C22H20N2O7/c1-13(14-4-2-5-16(10-14)24(28)29)31-22(27)15-7-8-18-19(11-15)21(26)23(20(18)25)12-17-6-3-9-30-17/h2,4-5,7-8,10-11,13,17H,3,6,9,12H2,1H3/t13-,17-/m0/s1. The lowest BCUT2D eigenvalue weighted by Crippen LogP contribution is -2.36. The summed E-state index contributed by atoms with van der Waals surface area (Å²) in [6, 6.07) is 10.1. The zero-order chi connectivity index (χ0) is 22.1. The molecular formula is C22H20N2O7. The molecule has 2 heterocycles. The molecule has 0 unspecified atom stereocenters. The van der Waals surface area contributed by atoms with Crippen LogP contribution < -0.4 is 0 Å². The Morgan fingerprint density at radius 3 is 2.71 bits per heavy atom. The Labute approximate surface area is 177 Å². The van der Waals surface area contributed by atoms with Gasteiger partial charge in [0.05, 0.1) is 34.3 Å². The van der Waals surface area contributed by atoms with Gasteiger partial charge >= 0.3 is 5.97 Å². The van der Waals surface area contributed by atoms with Gasteiger partial charge in [0.25, 0.3) is 17.5 Å². The van der Waals surface area contributed by atoms with E-state index in [0.717, 1.165) is 17.7 Å². The average Bonchev–Trinajstić information content (AvgIpc) is 3.36. The third-order valence-electron chi connectivity index (χ3n) is 5.45. The minimum Gasteiger partial charge on any atom is -0.454 e. The van der Waals surface area contributed by atoms with E-state index in [1.54, 1.807) is 13.0 Å². The summed E-state index contributed by atoms with van der Waals surface area (Å²) in [5, 5.41) is 10.9. The second-order valence-electron chi connectivity index (χ2n) is 7.52. The first kappa shape index (κ1) is 20.7. The highest BCUT2D eigenvalue weighted by molar-refractivity contribution is 6.22. The number of esters is 1. The van der Waals surface area contributed by atoms with Gasteiger partial charge < -0.3 is 9.47 Å². The second-order valence-corrected chi connectivity index (χ2v) is 7.52. The molecule has 31 heavy (non-hydrogen) atoms. The molecular weight excluding hydrogens is 404 g/mol. The zero-order valence-corrected chi connectivity index (χ0v) is 16.8. The third kappa shape index (κ3) is 4.04. The fraction of sp³-hybridized carbons (Fsp3) is 0.318. The smallest absolute Gasteiger partial charge is 0.338 e. The normalized spacial score (nSPS) is 18.7. The molecule has 0 radical (unpaired) electrons. The molecule has 0 bridgehead atoms. The first-order valence-corrected chi connectivity index (χ1v) is 9.92. The van der Waals surface area contributed by atoms with E-state index in [2.05, 4.69) is 0 Å². The zero-order valence-electron chi connectivity index (χ0n) is 16.8. The number of non-ortho nitro benzene ring substituents is 1. The van der Waals surface area contributed by atoms with Crippen molar-refractivity contribution >= 4 is 23.5 Å². The Hall–Kier alpha value is -3.59. The van der Waals surface area contributed by atoms with E-state index < -0.39 is 28.8 Å². The lowest BCUT2D eigenvalue weighted by atomic mass is 10.1. The van der Waals surface area contributed by atoms with Gasteiger partial charge in [-0.05, 0) is 43.5 Å². The highest BCUT2D eigenvalue weighted by Crippen LogP contribution is 2.28. The van der Waals surface area contributed by atoms with Crippen molar-refractivity contribution in [3.8, 4) is 0 Å². The fourth-order valence-electron chi connectivity index (χ4n) is 3.76. The highest BCUT2D eigenvalue weighted by atomic mass is 16.6. The Balaban J connectivity index is 1.49. The summed E-state index contributed by atoms with van der Waals surface area (Å²) in [4.78, 5) is 49.5. The molecule has 2 atom stereocenters. The molecule has 1 fully saturated rings. The van der Waals surface area contributed by atoms with Gasteiger partial charge in [-0.1, -0.05) is 12.1 Å². The molecule has 1 saturated heterocycles. The summed E-state index contributed by atoms with van der Waals surface area (Å²) >= 11 is 0. The number of nitrogens with zero attached hydrogens (tertiary/aromatic N) is 2. The topological polar surface area (TPSA) is 116 Å². The van der Waals surface area contributed by atoms with Gasteiger partial charge in [-0.2, -0.15) is 0 Å². The number of nitro groups is 1. The van der Waals surface area contributed by atoms with Gasteiger partial charge in [0.2, 0.25) is 0 Å². The molecule has 160 valence electrons. The average molecular weight is 424 g/mol. The van der Waals surface area contributed by atoms with Crippen LogP contribution in [0.5, 0.6) is 0 Å². The molecule has 2 aliphatic heterocycles. The van der Waals surface area contributed by atoms with Crippen molar-refractivity contribution in [2.24, 2.45) is 0 Å². The minimum atomic E-state index is -0.742. The molecule has 0 spiro atoms. The van der Waals surface area contributed by atoms with Crippen LogP contribution in [-0.2, 0) is 9.47 Å². The minimum absolute atomic E-state index is 0.103. The number of rotatable bonds is 6. The lowest BCUT2D eigenvalue weighted by molar-refractivity contribution is -0.385. The van der Waals surface area contributed by atoms with Crippen molar-refractivity contribution in [2.45, 2.75) is 32.0 Å². The molecule has 9 nitrogen and oxygen atoms in total. The molecule has 2 aliphatic rings. The molecule has 0 aliphatic carbocycles. The van der Waals surface area contributed by atoms with Gasteiger partial charge in [-0.25, -0.2) is 4.79 Å². The van der Waals surface area contributed by atoms with Crippen LogP contribution in [0.4, 0.5) is 5.69 Å². The fourth-order valence-corrected chi connectivity index (χ4v) is 3.76. The molecule has 0 saturated carbocycles. The molecule has 2 aromatic rings. The SMILES string of the molecule is C[C@H](OC(=O)c1ccc2c(c1)C(=O)N(C[C@@H]1CCCO1)C2=O)c1cccc([N+](=O)[O-])c1. The van der Waals surface area contributed by atoms with Crippen molar-refractivity contribution in [1.82, 2.24) is 4.90 Å². The van der Waals surface area contributed by atoms with E-state index in [-0.39, 0.29) is 35.0 Å². The van der Waals surface area contributed by atoms with E-state index in [0.29, 0.717) is 12.2 Å². The van der Waals surface area contributed by atoms with E-state index >= 15 is 0 Å². The number of carbonyl (C=O) groups is 3. The van der Waals surface area contributed by atoms with Crippen molar-refractivity contribution in [2.75, 3.05) is 13.2 Å². The van der Waals surface area contributed by atoms with Crippen molar-refractivity contribution in [3.63, 3.8) is 0 Å². The number of benzene rings is 2. The largest absolute Gasteiger partial charge is 0.454 e. The quantitative estimate of drug-likeness (QED) is 0.302. The summed E-state index contributed by atoms with van der Waals surface area (Å²) in [6.07, 6.45) is 0.782. The molecule has 2 aromatic carbocycles. The van der Waals surface area contributed by atoms with Gasteiger partial charge in [0.15, 0.2) is 0 Å². The monoisotopic (exact) mass is 424 g/mol.